The summed E-state index contributed by atoms with van der Waals surface area (Å²) in [6.07, 6.45) is 1.41. The van der Waals surface area contributed by atoms with E-state index in [1.165, 1.54) is 27.2 Å². The second kappa shape index (κ2) is 7.42. The highest BCUT2D eigenvalue weighted by molar-refractivity contribution is 9.10. The molecule has 5 nitrogen and oxygen atoms in total. The minimum Gasteiger partial charge on any atom is -0.310 e. The molecule has 0 saturated carbocycles. The molecule has 0 spiro atoms. The van der Waals surface area contributed by atoms with Crippen molar-refractivity contribution in [2.24, 2.45) is 0 Å². The lowest BCUT2D eigenvalue weighted by molar-refractivity contribution is 0.444. The number of benzene rings is 1. The van der Waals surface area contributed by atoms with Crippen LogP contribution in [0.25, 0.3) is 0 Å². The van der Waals surface area contributed by atoms with E-state index in [1.54, 1.807) is 13.8 Å². The van der Waals surface area contributed by atoms with Crippen LogP contribution >= 0.6 is 15.9 Å². The third-order valence-electron chi connectivity index (χ3n) is 3.57. The predicted octanol–water partition coefficient (Wildman–Crippen LogP) is 2.69. The first-order chi connectivity index (χ1) is 10.9. The van der Waals surface area contributed by atoms with E-state index in [-0.39, 0.29) is 10.5 Å². The Bertz CT molecular complexity index is 825. The Morgan fingerprint density at radius 3 is 2.22 bits per heavy atom. The van der Waals surface area contributed by atoms with E-state index >= 15 is 0 Å². The van der Waals surface area contributed by atoms with Crippen LogP contribution in [0.5, 0.6) is 0 Å². The summed E-state index contributed by atoms with van der Waals surface area (Å²) in [5.74, 6) is 0. The van der Waals surface area contributed by atoms with E-state index in [9.17, 15) is 13.2 Å². The minimum absolute atomic E-state index is 0.137. The maximum atomic E-state index is 12.6. The maximum Gasteiger partial charge on any atom is 0.250 e. The molecule has 0 aliphatic carbocycles. The van der Waals surface area contributed by atoms with Crippen molar-refractivity contribution in [2.75, 3.05) is 13.1 Å². The molecule has 0 N–H and O–H groups in total. The predicted molar refractivity (Wildman–Crippen MR) is 94.1 cm³/mol. The van der Waals surface area contributed by atoms with Crippen LogP contribution in [-0.2, 0) is 16.6 Å². The third kappa shape index (κ3) is 4.10. The van der Waals surface area contributed by atoms with Crippen LogP contribution < -0.4 is 5.56 Å². The molecule has 0 radical (unpaired) electrons. The molecule has 1 aromatic heterocycles. The monoisotopic (exact) mass is 398 g/mol. The van der Waals surface area contributed by atoms with Crippen LogP contribution in [-0.4, -0.2) is 30.4 Å². The van der Waals surface area contributed by atoms with Crippen molar-refractivity contribution in [1.82, 2.24) is 8.87 Å². The fraction of sp³-hybridized carbons (Fsp3) is 0.312. The Morgan fingerprint density at radius 1 is 1.04 bits per heavy atom. The average Bonchev–Trinajstić information content (AvgIpc) is 2.52. The van der Waals surface area contributed by atoms with E-state index in [1.807, 2.05) is 24.3 Å². The largest absolute Gasteiger partial charge is 0.310 e. The number of hydrogen-bond donors (Lipinski definition) is 0. The summed E-state index contributed by atoms with van der Waals surface area (Å²) < 4.78 is 28.9. The van der Waals surface area contributed by atoms with E-state index in [4.69, 9.17) is 0 Å². The fourth-order valence-electron chi connectivity index (χ4n) is 2.28. The smallest absolute Gasteiger partial charge is 0.250 e. The van der Waals surface area contributed by atoms with Gasteiger partial charge in [-0.25, -0.2) is 8.42 Å². The molecule has 23 heavy (non-hydrogen) atoms. The lowest BCUT2D eigenvalue weighted by Crippen LogP contribution is -2.32. The first kappa shape index (κ1) is 17.9. The molecule has 1 heterocycles. The molecule has 1 aromatic carbocycles. The number of halogens is 1. The zero-order valence-corrected chi connectivity index (χ0v) is 15.5. The van der Waals surface area contributed by atoms with E-state index in [0.29, 0.717) is 19.6 Å². The average molecular weight is 399 g/mol. The molecule has 124 valence electrons. The molecule has 0 amide bonds. The van der Waals surface area contributed by atoms with Gasteiger partial charge in [0.1, 0.15) is 0 Å². The van der Waals surface area contributed by atoms with Crippen molar-refractivity contribution in [2.45, 2.75) is 25.3 Å². The van der Waals surface area contributed by atoms with Crippen LogP contribution in [0.3, 0.4) is 0 Å². The number of hydrogen-bond acceptors (Lipinski definition) is 3. The number of sulfonamides is 1. The molecule has 0 fully saturated rings. The molecular weight excluding hydrogens is 380 g/mol. The minimum atomic E-state index is -3.57. The van der Waals surface area contributed by atoms with Crippen LogP contribution in [0, 0.1) is 0 Å². The zero-order valence-electron chi connectivity index (χ0n) is 13.1. The Balaban J connectivity index is 2.39. The first-order valence-corrected chi connectivity index (χ1v) is 9.57. The van der Waals surface area contributed by atoms with Crippen molar-refractivity contribution in [3.63, 3.8) is 0 Å². The topological polar surface area (TPSA) is 59.4 Å². The molecule has 0 aliphatic heterocycles. The first-order valence-electron chi connectivity index (χ1n) is 7.33. The maximum absolute atomic E-state index is 12.6. The number of aromatic nitrogens is 1. The summed E-state index contributed by atoms with van der Waals surface area (Å²) in [4.78, 5) is 12.2. The molecule has 0 saturated heterocycles. The lowest BCUT2D eigenvalue weighted by Gasteiger charge is -2.19. The highest BCUT2D eigenvalue weighted by Gasteiger charge is 2.22. The molecule has 7 heteroatoms. The van der Waals surface area contributed by atoms with Crippen molar-refractivity contribution in [3.8, 4) is 0 Å². The molecular formula is C16H19BrN2O3S. The summed E-state index contributed by atoms with van der Waals surface area (Å²) in [7, 11) is -3.57. The van der Waals surface area contributed by atoms with E-state index in [2.05, 4.69) is 15.9 Å². The SMILES string of the molecule is CCN(CC)S(=O)(=O)c1ccc(=O)n(Cc2ccc(Br)cc2)c1. The summed E-state index contributed by atoms with van der Waals surface area (Å²) in [5, 5.41) is 0. The van der Waals surface area contributed by atoms with Gasteiger partial charge in [-0.15, -0.1) is 0 Å². The van der Waals surface area contributed by atoms with Crippen molar-refractivity contribution < 1.29 is 8.42 Å². The number of pyridine rings is 1. The van der Waals surface area contributed by atoms with Crippen LogP contribution in [0.4, 0.5) is 0 Å². The standard InChI is InChI=1S/C16H19BrN2O3S/c1-3-19(4-2)23(21,22)15-9-10-16(20)18(12-15)11-13-5-7-14(17)8-6-13/h5-10,12H,3-4,11H2,1-2H3. The third-order valence-corrected chi connectivity index (χ3v) is 6.13. The highest BCUT2D eigenvalue weighted by atomic mass is 79.9. The molecule has 0 atom stereocenters. The second-order valence-corrected chi connectivity index (χ2v) is 7.90. The Kier molecular flexibility index (Phi) is 5.78. The molecule has 2 aromatic rings. The van der Waals surface area contributed by atoms with Gasteiger partial charge in [-0.3, -0.25) is 4.79 Å². The Labute approximate surface area is 144 Å². The van der Waals surface area contributed by atoms with Gasteiger partial charge in [-0.05, 0) is 23.8 Å². The van der Waals surface area contributed by atoms with Gasteiger partial charge in [0.2, 0.25) is 10.0 Å². The number of nitrogens with zero attached hydrogens (tertiary/aromatic N) is 2. The zero-order chi connectivity index (χ0) is 17.0. The highest BCUT2D eigenvalue weighted by Crippen LogP contribution is 2.15. The van der Waals surface area contributed by atoms with Gasteiger partial charge in [0.15, 0.2) is 0 Å². The van der Waals surface area contributed by atoms with Gasteiger partial charge < -0.3 is 4.57 Å². The van der Waals surface area contributed by atoms with Gasteiger partial charge in [0.05, 0.1) is 11.4 Å². The summed E-state index contributed by atoms with van der Waals surface area (Å²) >= 11 is 3.36. The van der Waals surface area contributed by atoms with Crippen molar-refractivity contribution in [3.05, 3.63) is 63.0 Å². The van der Waals surface area contributed by atoms with Crippen molar-refractivity contribution in [1.29, 1.82) is 0 Å². The Morgan fingerprint density at radius 2 is 1.65 bits per heavy atom. The molecule has 2 rings (SSSR count). The van der Waals surface area contributed by atoms with E-state index in [0.717, 1.165) is 10.0 Å². The quantitative estimate of drug-likeness (QED) is 0.751. The van der Waals surface area contributed by atoms with Gasteiger partial charge in [0, 0.05) is 29.8 Å². The van der Waals surface area contributed by atoms with Crippen LogP contribution in [0.15, 0.2) is 56.8 Å². The number of rotatable bonds is 6. The van der Waals surface area contributed by atoms with Gasteiger partial charge in [-0.2, -0.15) is 4.31 Å². The van der Waals surface area contributed by atoms with Gasteiger partial charge >= 0.3 is 0 Å². The van der Waals surface area contributed by atoms with Crippen molar-refractivity contribution >= 4 is 26.0 Å². The summed E-state index contributed by atoms with van der Waals surface area (Å²) in [5.41, 5.74) is 0.694. The summed E-state index contributed by atoms with van der Waals surface area (Å²) in [6, 6.07) is 10.2. The second-order valence-electron chi connectivity index (χ2n) is 5.05. The Hall–Kier alpha value is -1.44. The summed E-state index contributed by atoms with van der Waals surface area (Å²) in [6.45, 7) is 4.70. The fourth-order valence-corrected chi connectivity index (χ4v) is 4.03. The molecule has 0 bridgehead atoms. The molecule has 0 aliphatic rings. The normalized spacial score (nSPS) is 11.8. The van der Waals surface area contributed by atoms with Crippen LogP contribution in [0.2, 0.25) is 0 Å². The van der Waals surface area contributed by atoms with Gasteiger partial charge in [0.25, 0.3) is 5.56 Å². The van der Waals surface area contributed by atoms with Gasteiger partial charge in [-0.1, -0.05) is 41.9 Å². The van der Waals surface area contributed by atoms with Crippen LogP contribution in [0.1, 0.15) is 19.4 Å². The lowest BCUT2D eigenvalue weighted by atomic mass is 10.2. The van der Waals surface area contributed by atoms with E-state index < -0.39 is 10.0 Å². The molecule has 0 unspecified atom stereocenters.